The van der Waals surface area contributed by atoms with E-state index in [0.29, 0.717) is 12.2 Å². The topological polar surface area (TPSA) is 122 Å². The van der Waals surface area contributed by atoms with Crippen LogP contribution in [0, 0.1) is 11.3 Å². The lowest BCUT2D eigenvalue weighted by molar-refractivity contribution is 0.598. The molecule has 114 valence electrons. The van der Waals surface area contributed by atoms with E-state index in [4.69, 9.17) is 10.9 Å². The minimum absolute atomic E-state index is 0.0267. The molecule has 1 atom stereocenters. The normalized spacial score (nSPS) is 12.4. The molecule has 0 aliphatic carbocycles. The van der Waals surface area contributed by atoms with Gasteiger partial charge in [-0.05, 0) is 35.4 Å². The summed E-state index contributed by atoms with van der Waals surface area (Å²) in [5, 5.41) is 17.4. The van der Waals surface area contributed by atoms with Gasteiger partial charge in [0, 0.05) is 12.2 Å². The van der Waals surface area contributed by atoms with Gasteiger partial charge in [0.2, 0.25) is 10.0 Å². The molecule has 6 nitrogen and oxygen atoms in total. The van der Waals surface area contributed by atoms with Crippen LogP contribution in [0.5, 0.6) is 0 Å². The van der Waals surface area contributed by atoms with E-state index in [9.17, 15) is 13.7 Å². The number of nitriles is 1. The van der Waals surface area contributed by atoms with Crippen LogP contribution < -0.4 is 16.2 Å². The van der Waals surface area contributed by atoms with E-state index < -0.39 is 16.1 Å². The monoisotopic (exact) mass is 316 g/mol. The van der Waals surface area contributed by atoms with Crippen molar-refractivity contribution in [3.05, 3.63) is 59.7 Å². The minimum Gasteiger partial charge on any atom is -0.366 e. The number of rotatable bonds is 5. The third kappa shape index (κ3) is 3.83. The summed E-state index contributed by atoms with van der Waals surface area (Å²) in [6.45, 7) is 0.444. The number of benzene rings is 2. The molecule has 5 N–H and O–H groups in total. The molecule has 0 saturated carbocycles. The fraction of sp³-hybridized carbons (Fsp3) is 0.133. The highest BCUT2D eigenvalue weighted by Gasteiger charge is 2.11. The van der Waals surface area contributed by atoms with Gasteiger partial charge in [-0.25, -0.2) is 13.6 Å². The van der Waals surface area contributed by atoms with Crippen LogP contribution in [-0.2, 0) is 16.6 Å². The van der Waals surface area contributed by atoms with E-state index in [1.54, 1.807) is 12.1 Å². The van der Waals surface area contributed by atoms with Gasteiger partial charge in [0.05, 0.1) is 11.0 Å². The van der Waals surface area contributed by atoms with Crippen molar-refractivity contribution >= 4 is 15.7 Å². The van der Waals surface area contributed by atoms with E-state index in [-0.39, 0.29) is 4.90 Å². The summed E-state index contributed by atoms with van der Waals surface area (Å²) in [7, 11) is -3.72. The standard InChI is InChI=1S/C15H16N4O2S/c16-9-11-1-3-12(4-2-11)15(10-17)19-13-5-7-14(8-6-13)22(18,20)21/h1-8,15,19H,9,16H2,(H2,18,20,21). The number of sulfonamides is 1. The van der Waals surface area contributed by atoms with Crippen LogP contribution in [0.25, 0.3) is 0 Å². The van der Waals surface area contributed by atoms with Crippen molar-refractivity contribution in [1.29, 1.82) is 5.26 Å². The summed E-state index contributed by atoms with van der Waals surface area (Å²) in [5.74, 6) is 0. The first-order chi connectivity index (χ1) is 10.4. The van der Waals surface area contributed by atoms with Gasteiger partial charge in [-0.3, -0.25) is 0 Å². The largest absolute Gasteiger partial charge is 0.366 e. The first-order valence-electron chi connectivity index (χ1n) is 6.52. The van der Waals surface area contributed by atoms with Gasteiger partial charge in [0.15, 0.2) is 0 Å². The zero-order chi connectivity index (χ0) is 16.2. The molecule has 0 amide bonds. The Morgan fingerprint density at radius 2 is 1.68 bits per heavy atom. The molecule has 22 heavy (non-hydrogen) atoms. The highest BCUT2D eigenvalue weighted by atomic mass is 32.2. The number of anilines is 1. The molecule has 0 aromatic heterocycles. The summed E-state index contributed by atoms with van der Waals surface area (Å²) in [6, 6.07) is 14.9. The summed E-state index contributed by atoms with van der Waals surface area (Å²) in [5.41, 5.74) is 7.95. The molecule has 0 aliphatic heterocycles. The molecule has 0 aliphatic rings. The van der Waals surface area contributed by atoms with Crippen molar-refractivity contribution < 1.29 is 8.42 Å². The third-order valence-electron chi connectivity index (χ3n) is 3.17. The maximum atomic E-state index is 11.2. The predicted molar refractivity (Wildman–Crippen MR) is 84.1 cm³/mol. The van der Waals surface area contributed by atoms with E-state index in [2.05, 4.69) is 11.4 Å². The second-order valence-electron chi connectivity index (χ2n) is 4.72. The second-order valence-corrected chi connectivity index (χ2v) is 6.28. The van der Waals surface area contributed by atoms with Crippen molar-refractivity contribution in [3.8, 4) is 6.07 Å². The van der Waals surface area contributed by atoms with Crippen LogP contribution in [-0.4, -0.2) is 8.42 Å². The Bertz CT molecular complexity index is 778. The van der Waals surface area contributed by atoms with Crippen LogP contribution >= 0.6 is 0 Å². The Morgan fingerprint density at radius 3 is 2.14 bits per heavy atom. The van der Waals surface area contributed by atoms with Crippen molar-refractivity contribution in [3.63, 3.8) is 0 Å². The maximum Gasteiger partial charge on any atom is 0.238 e. The summed E-state index contributed by atoms with van der Waals surface area (Å²) in [4.78, 5) is 0.0267. The molecule has 0 heterocycles. The second kappa shape index (κ2) is 6.58. The first kappa shape index (κ1) is 16.0. The van der Waals surface area contributed by atoms with E-state index >= 15 is 0 Å². The van der Waals surface area contributed by atoms with Crippen molar-refractivity contribution in [2.24, 2.45) is 10.9 Å². The number of nitrogens with two attached hydrogens (primary N) is 2. The molecule has 7 heteroatoms. The number of nitrogens with one attached hydrogen (secondary N) is 1. The number of hydrogen-bond donors (Lipinski definition) is 3. The fourth-order valence-electron chi connectivity index (χ4n) is 1.94. The van der Waals surface area contributed by atoms with Gasteiger partial charge in [-0.2, -0.15) is 5.26 Å². The fourth-order valence-corrected chi connectivity index (χ4v) is 2.46. The quantitative estimate of drug-likeness (QED) is 0.771. The van der Waals surface area contributed by atoms with Gasteiger partial charge >= 0.3 is 0 Å². The molecule has 0 spiro atoms. The summed E-state index contributed by atoms with van der Waals surface area (Å²) >= 11 is 0. The molecule has 2 aromatic carbocycles. The molecule has 0 saturated heterocycles. The van der Waals surface area contributed by atoms with Crippen LogP contribution in [0.15, 0.2) is 53.4 Å². The Hall–Kier alpha value is -2.40. The molecular formula is C15H16N4O2S. The van der Waals surface area contributed by atoms with E-state index in [1.165, 1.54) is 12.1 Å². The molecule has 0 bridgehead atoms. The van der Waals surface area contributed by atoms with Crippen molar-refractivity contribution in [2.45, 2.75) is 17.5 Å². The Labute approximate surface area is 129 Å². The van der Waals surface area contributed by atoms with Gasteiger partial charge in [0.1, 0.15) is 6.04 Å². The maximum absolute atomic E-state index is 11.2. The zero-order valence-electron chi connectivity index (χ0n) is 11.7. The number of primary sulfonamides is 1. The van der Waals surface area contributed by atoms with Crippen molar-refractivity contribution in [2.75, 3.05) is 5.32 Å². The third-order valence-corrected chi connectivity index (χ3v) is 4.10. The zero-order valence-corrected chi connectivity index (χ0v) is 12.5. The minimum atomic E-state index is -3.72. The van der Waals surface area contributed by atoms with Crippen molar-refractivity contribution in [1.82, 2.24) is 0 Å². The van der Waals surface area contributed by atoms with Gasteiger partial charge in [-0.1, -0.05) is 24.3 Å². The lowest BCUT2D eigenvalue weighted by atomic mass is 10.1. The van der Waals surface area contributed by atoms with Crippen LogP contribution in [0.1, 0.15) is 17.2 Å². The Kier molecular flexibility index (Phi) is 4.78. The Balaban J connectivity index is 2.18. The van der Waals surface area contributed by atoms with Crippen LogP contribution in [0.4, 0.5) is 5.69 Å². The van der Waals surface area contributed by atoms with Gasteiger partial charge in [0.25, 0.3) is 0 Å². The molecule has 0 fully saturated rings. The lowest BCUT2D eigenvalue weighted by Gasteiger charge is -2.14. The number of hydrogen-bond acceptors (Lipinski definition) is 5. The van der Waals surface area contributed by atoms with E-state index in [1.807, 2.05) is 24.3 Å². The molecule has 2 aromatic rings. The van der Waals surface area contributed by atoms with Gasteiger partial charge in [-0.15, -0.1) is 0 Å². The highest BCUT2D eigenvalue weighted by Crippen LogP contribution is 2.21. The molecular weight excluding hydrogens is 300 g/mol. The Morgan fingerprint density at radius 1 is 1.09 bits per heavy atom. The molecule has 2 rings (SSSR count). The van der Waals surface area contributed by atoms with E-state index in [0.717, 1.165) is 11.1 Å². The summed E-state index contributed by atoms with van der Waals surface area (Å²) < 4.78 is 22.4. The highest BCUT2D eigenvalue weighted by molar-refractivity contribution is 7.89. The number of nitrogens with zero attached hydrogens (tertiary/aromatic N) is 1. The lowest BCUT2D eigenvalue weighted by Crippen LogP contribution is -2.12. The SMILES string of the molecule is N#CC(Nc1ccc(S(N)(=O)=O)cc1)c1ccc(CN)cc1. The molecule has 1 unspecified atom stereocenters. The van der Waals surface area contributed by atoms with Crippen LogP contribution in [0.3, 0.4) is 0 Å². The smallest absolute Gasteiger partial charge is 0.238 e. The average Bonchev–Trinajstić information content (AvgIpc) is 2.52. The van der Waals surface area contributed by atoms with Gasteiger partial charge < -0.3 is 11.1 Å². The predicted octanol–water partition coefficient (Wildman–Crippen LogP) is 1.47. The average molecular weight is 316 g/mol. The van der Waals surface area contributed by atoms with Crippen LogP contribution in [0.2, 0.25) is 0 Å². The summed E-state index contributed by atoms with van der Waals surface area (Å²) in [6.07, 6.45) is 0. The first-order valence-corrected chi connectivity index (χ1v) is 8.06. The molecule has 0 radical (unpaired) electrons.